The molecule has 0 aromatic rings. The number of rotatable bonds is 3. The van der Waals surface area contributed by atoms with Crippen LogP contribution in [-0.2, 0) is 9.59 Å². The lowest BCUT2D eigenvalue weighted by atomic mass is 10.3. The van der Waals surface area contributed by atoms with Gasteiger partial charge < -0.3 is 15.1 Å². The molecule has 0 bridgehead atoms. The Hall–Kier alpha value is -1.10. The monoisotopic (exact) mass is 161 g/mol. The fourth-order valence-corrected chi connectivity index (χ4v) is 0.586. The Labute approximate surface area is 64.2 Å². The first-order chi connectivity index (χ1) is 5.00. The molecule has 0 saturated carbocycles. The largest absolute Gasteiger partial charge is 0.480 e. The van der Waals surface area contributed by atoms with Gasteiger partial charge in [0.2, 0.25) is 5.91 Å². The molecule has 0 aromatic carbocycles. The lowest BCUT2D eigenvalue weighted by molar-refractivity contribution is -0.149. The maximum Gasteiger partial charge on any atom is 0.328 e. The average Bonchev–Trinajstić information content (AvgIpc) is 1.88. The number of carboxylic acid groups (broad SMARTS) is 1. The van der Waals surface area contributed by atoms with E-state index in [9.17, 15) is 9.59 Å². The Morgan fingerprint density at radius 2 is 2.00 bits per heavy atom. The Morgan fingerprint density at radius 1 is 1.55 bits per heavy atom. The summed E-state index contributed by atoms with van der Waals surface area (Å²) in [6, 6.07) is -1.13. The second-order valence-electron chi connectivity index (χ2n) is 2.17. The first kappa shape index (κ1) is 9.90. The van der Waals surface area contributed by atoms with E-state index < -0.39 is 18.6 Å². The number of nitrogens with zero attached hydrogens (tertiary/aromatic N) is 1. The van der Waals surface area contributed by atoms with E-state index in [-0.39, 0.29) is 5.91 Å². The number of carbonyl (C=O) groups is 2. The lowest BCUT2D eigenvalue weighted by Crippen LogP contribution is -2.43. The molecular formula is C6H11NO4. The van der Waals surface area contributed by atoms with Gasteiger partial charge in [0.25, 0.3) is 0 Å². The number of aliphatic hydroxyl groups is 1. The van der Waals surface area contributed by atoms with Gasteiger partial charge >= 0.3 is 5.97 Å². The zero-order valence-electron chi connectivity index (χ0n) is 6.44. The van der Waals surface area contributed by atoms with Crippen molar-refractivity contribution in [3.8, 4) is 0 Å². The molecule has 0 saturated heterocycles. The predicted molar refractivity (Wildman–Crippen MR) is 37.0 cm³/mol. The highest BCUT2D eigenvalue weighted by Gasteiger charge is 2.22. The molecule has 11 heavy (non-hydrogen) atoms. The van der Waals surface area contributed by atoms with Gasteiger partial charge in [-0.2, -0.15) is 0 Å². The van der Waals surface area contributed by atoms with Crippen LogP contribution in [0.25, 0.3) is 0 Å². The number of aliphatic carboxylic acids is 1. The molecule has 0 aliphatic heterocycles. The first-order valence-electron chi connectivity index (χ1n) is 3.07. The number of hydrogen-bond acceptors (Lipinski definition) is 3. The molecule has 0 aliphatic rings. The average molecular weight is 161 g/mol. The number of carboxylic acids is 1. The van der Waals surface area contributed by atoms with Gasteiger partial charge in [0.1, 0.15) is 0 Å². The third-order valence-electron chi connectivity index (χ3n) is 1.42. The third kappa shape index (κ3) is 2.55. The molecule has 1 atom stereocenters. The van der Waals surface area contributed by atoms with Crippen LogP contribution in [0.4, 0.5) is 0 Å². The van der Waals surface area contributed by atoms with Crippen molar-refractivity contribution in [3.63, 3.8) is 0 Å². The molecule has 0 fully saturated rings. The van der Waals surface area contributed by atoms with E-state index in [0.29, 0.717) is 0 Å². The van der Waals surface area contributed by atoms with E-state index in [1.54, 1.807) is 0 Å². The number of aliphatic hydroxyl groups excluding tert-OH is 1. The van der Waals surface area contributed by atoms with Gasteiger partial charge in [-0.3, -0.25) is 4.79 Å². The Morgan fingerprint density at radius 3 is 2.09 bits per heavy atom. The summed E-state index contributed by atoms with van der Waals surface area (Å²) >= 11 is 0. The Bertz CT molecular complexity index is 168. The highest BCUT2D eigenvalue weighted by atomic mass is 16.4. The van der Waals surface area contributed by atoms with Crippen LogP contribution in [0.2, 0.25) is 0 Å². The van der Waals surface area contributed by atoms with Gasteiger partial charge in [-0.15, -0.1) is 0 Å². The summed E-state index contributed by atoms with van der Waals surface area (Å²) in [5.74, 6) is -1.59. The van der Waals surface area contributed by atoms with Crippen LogP contribution in [0.3, 0.4) is 0 Å². The molecule has 0 rings (SSSR count). The van der Waals surface area contributed by atoms with E-state index in [0.717, 1.165) is 4.90 Å². The molecule has 0 aliphatic carbocycles. The fourth-order valence-electron chi connectivity index (χ4n) is 0.586. The van der Waals surface area contributed by atoms with Crippen LogP contribution < -0.4 is 0 Å². The molecule has 0 spiro atoms. The molecular weight excluding hydrogens is 150 g/mol. The van der Waals surface area contributed by atoms with Crippen molar-refractivity contribution in [2.24, 2.45) is 0 Å². The normalized spacial score (nSPS) is 12.3. The summed E-state index contributed by atoms with van der Waals surface area (Å²) in [6.07, 6.45) is 0. The van der Waals surface area contributed by atoms with Crippen molar-refractivity contribution in [1.29, 1.82) is 0 Å². The number of amides is 1. The topological polar surface area (TPSA) is 77.8 Å². The van der Waals surface area contributed by atoms with Crippen molar-refractivity contribution >= 4 is 11.9 Å². The summed E-state index contributed by atoms with van der Waals surface area (Å²) in [6.45, 7) is 0.678. The van der Waals surface area contributed by atoms with Gasteiger partial charge in [-0.1, -0.05) is 0 Å². The Kier molecular flexibility index (Phi) is 3.53. The minimum Gasteiger partial charge on any atom is -0.480 e. The zero-order valence-corrected chi connectivity index (χ0v) is 6.44. The van der Waals surface area contributed by atoms with Gasteiger partial charge in [0.15, 0.2) is 6.04 Å². The molecule has 0 aromatic heterocycles. The van der Waals surface area contributed by atoms with E-state index in [1.807, 2.05) is 0 Å². The van der Waals surface area contributed by atoms with Crippen LogP contribution in [0, 0.1) is 0 Å². The van der Waals surface area contributed by atoms with Crippen molar-refractivity contribution in [2.45, 2.75) is 13.0 Å². The summed E-state index contributed by atoms with van der Waals surface area (Å²) in [5, 5.41) is 17.0. The molecule has 2 N–H and O–H groups in total. The minimum atomic E-state index is -1.20. The molecule has 1 amide bonds. The lowest BCUT2D eigenvalue weighted by Gasteiger charge is -2.20. The SMILES string of the molecule is CC(=O)N(C)[C@H](CO)C(=O)O. The summed E-state index contributed by atoms with van der Waals surface area (Å²) in [5.41, 5.74) is 0. The van der Waals surface area contributed by atoms with Crippen LogP contribution >= 0.6 is 0 Å². The van der Waals surface area contributed by atoms with Gasteiger partial charge in [-0.05, 0) is 0 Å². The molecule has 0 heterocycles. The standard InChI is InChI=1S/C6H11NO4/c1-4(9)7(2)5(3-8)6(10)11/h5,8H,3H2,1-2H3,(H,10,11)/t5-/m1/s1. The van der Waals surface area contributed by atoms with E-state index in [2.05, 4.69) is 0 Å². The summed E-state index contributed by atoms with van der Waals surface area (Å²) < 4.78 is 0. The van der Waals surface area contributed by atoms with Gasteiger partial charge in [0.05, 0.1) is 6.61 Å². The molecule has 0 radical (unpaired) electrons. The number of likely N-dealkylation sites (N-methyl/N-ethyl adjacent to an activating group) is 1. The van der Waals surface area contributed by atoms with Crippen molar-refractivity contribution in [1.82, 2.24) is 4.90 Å². The maximum absolute atomic E-state index is 10.6. The maximum atomic E-state index is 10.6. The highest BCUT2D eigenvalue weighted by Crippen LogP contribution is 1.95. The van der Waals surface area contributed by atoms with Gasteiger partial charge in [-0.25, -0.2) is 4.79 Å². The van der Waals surface area contributed by atoms with E-state index >= 15 is 0 Å². The summed E-state index contributed by atoms with van der Waals surface area (Å²) in [4.78, 5) is 21.9. The van der Waals surface area contributed by atoms with E-state index in [1.165, 1.54) is 14.0 Å². The first-order valence-corrected chi connectivity index (χ1v) is 3.07. The summed E-state index contributed by atoms with van der Waals surface area (Å²) in [7, 11) is 1.33. The van der Waals surface area contributed by atoms with Crippen LogP contribution in [0.15, 0.2) is 0 Å². The number of hydrogen-bond donors (Lipinski definition) is 2. The van der Waals surface area contributed by atoms with Crippen molar-refractivity contribution in [3.05, 3.63) is 0 Å². The predicted octanol–water partition coefficient (Wildman–Crippen LogP) is -1.09. The molecule has 0 unspecified atom stereocenters. The second kappa shape index (κ2) is 3.92. The third-order valence-corrected chi connectivity index (χ3v) is 1.42. The van der Waals surface area contributed by atoms with Crippen LogP contribution in [0.1, 0.15) is 6.92 Å². The van der Waals surface area contributed by atoms with Crippen LogP contribution in [0.5, 0.6) is 0 Å². The molecule has 5 nitrogen and oxygen atoms in total. The number of carbonyl (C=O) groups excluding carboxylic acids is 1. The van der Waals surface area contributed by atoms with Crippen molar-refractivity contribution < 1.29 is 19.8 Å². The van der Waals surface area contributed by atoms with E-state index in [4.69, 9.17) is 10.2 Å². The molecule has 64 valence electrons. The second-order valence-corrected chi connectivity index (χ2v) is 2.17. The Balaban J connectivity index is 4.25. The fraction of sp³-hybridized carbons (Fsp3) is 0.667. The quantitative estimate of drug-likeness (QED) is 0.551. The van der Waals surface area contributed by atoms with Gasteiger partial charge in [0, 0.05) is 14.0 Å². The highest BCUT2D eigenvalue weighted by molar-refractivity contribution is 5.82. The zero-order chi connectivity index (χ0) is 9.02. The smallest absolute Gasteiger partial charge is 0.328 e. The van der Waals surface area contributed by atoms with Crippen LogP contribution in [-0.4, -0.2) is 46.7 Å². The minimum absolute atomic E-state index is 0.383. The van der Waals surface area contributed by atoms with Crippen molar-refractivity contribution in [2.75, 3.05) is 13.7 Å². The molecule has 5 heteroatoms.